The van der Waals surface area contributed by atoms with Gasteiger partial charge < -0.3 is 0 Å². The van der Waals surface area contributed by atoms with E-state index in [1.807, 2.05) is 26.8 Å². The van der Waals surface area contributed by atoms with Gasteiger partial charge in [0, 0.05) is 11.0 Å². The van der Waals surface area contributed by atoms with E-state index in [0.717, 1.165) is 6.08 Å². The summed E-state index contributed by atoms with van der Waals surface area (Å²) in [6, 6.07) is 0. The Morgan fingerprint density at radius 1 is 1.37 bits per heavy atom. The number of carbonyl (C=O) groups is 1. The Balaban J connectivity index is 2.55. The summed E-state index contributed by atoms with van der Waals surface area (Å²) >= 11 is 0. The van der Waals surface area contributed by atoms with Crippen molar-refractivity contribution in [3.63, 3.8) is 0 Å². The zero-order valence-electron chi connectivity index (χ0n) is 11.2. The number of carbonyl (C=O) groups excluding carboxylic acids is 1. The Kier molecular flexibility index (Phi) is 3.23. The third-order valence-corrected chi connectivity index (χ3v) is 4.53. The van der Waals surface area contributed by atoms with Gasteiger partial charge in [0.1, 0.15) is 6.29 Å². The van der Waals surface area contributed by atoms with E-state index in [1.165, 1.54) is 6.08 Å². The Morgan fingerprint density at radius 3 is 2.47 bits per heavy atom. The molecule has 3 unspecified atom stereocenters. The smallest absolute Gasteiger partial charge is 0.298 e. The number of hydrogen-bond donors (Lipinski definition) is 0. The lowest BCUT2D eigenvalue weighted by molar-refractivity contribution is -0.108. The highest BCUT2D eigenvalue weighted by molar-refractivity contribution is 5.82. The fourth-order valence-corrected chi connectivity index (χ4v) is 3.36. The maximum atomic E-state index is 13.0. The second kappa shape index (κ2) is 4.36. The van der Waals surface area contributed by atoms with Gasteiger partial charge in [-0.1, -0.05) is 39.0 Å². The van der Waals surface area contributed by atoms with Crippen LogP contribution in [0, 0.1) is 23.2 Å². The lowest BCUT2D eigenvalue weighted by Crippen LogP contribution is -2.19. The van der Waals surface area contributed by atoms with E-state index in [-0.39, 0.29) is 28.7 Å². The predicted molar refractivity (Wildman–Crippen MR) is 67.4 cm³/mol. The van der Waals surface area contributed by atoms with Gasteiger partial charge >= 0.3 is 6.18 Å². The summed E-state index contributed by atoms with van der Waals surface area (Å²) in [5.41, 5.74) is -1.41. The number of halogens is 3. The lowest BCUT2D eigenvalue weighted by atomic mass is 9.84. The van der Waals surface area contributed by atoms with E-state index in [2.05, 4.69) is 0 Å². The van der Waals surface area contributed by atoms with Gasteiger partial charge in [-0.15, -0.1) is 0 Å². The van der Waals surface area contributed by atoms with Gasteiger partial charge in [-0.2, -0.15) is 13.2 Å². The van der Waals surface area contributed by atoms with Gasteiger partial charge in [-0.25, -0.2) is 0 Å². The van der Waals surface area contributed by atoms with E-state index in [9.17, 15) is 18.0 Å². The molecule has 0 radical (unpaired) electrons. The Labute approximate surface area is 110 Å². The molecule has 1 saturated carbocycles. The molecule has 0 spiro atoms. The van der Waals surface area contributed by atoms with Crippen LogP contribution in [0.15, 0.2) is 35.5 Å². The SMILES string of the molecule is CC(C)C12C=C(C=O)C(C(F)(F)F)=CC=CC1C2C. The molecule has 4 heteroatoms. The molecule has 0 aromatic heterocycles. The molecule has 2 rings (SSSR count). The first-order valence-electron chi connectivity index (χ1n) is 6.39. The van der Waals surface area contributed by atoms with Gasteiger partial charge in [-0.05, 0) is 23.8 Å². The number of fused-ring (bicyclic) bond motifs is 1. The molecule has 3 atom stereocenters. The first-order chi connectivity index (χ1) is 8.75. The van der Waals surface area contributed by atoms with Crippen LogP contribution in [0.3, 0.4) is 0 Å². The minimum absolute atomic E-state index is 0.194. The predicted octanol–water partition coefficient (Wildman–Crippen LogP) is 4.08. The summed E-state index contributed by atoms with van der Waals surface area (Å²) in [6.45, 7) is 6.00. The van der Waals surface area contributed by atoms with Crippen LogP contribution in [0.2, 0.25) is 0 Å². The average Bonchev–Trinajstić information content (AvgIpc) is 2.80. The number of rotatable bonds is 2. The van der Waals surface area contributed by atoms with Crippen LogP contribution >= 0.6 is 0 Å². The standard InChI is InChI=1S/C15H17F3O/c1-9(2)14-7-11(8-19)13(15(16,17)18)6-4-5-12(14)10(14)3/h4-10,12H,1-3H3. The van der Waals surface area contributed by atoms with Crippen molar-refractivity contribution in [2.75, 3.05) is 0 Å². The number of hydrogen-bond acceptors (Lipinski definition) is 1. The van der Waals surface area contributed by atoms with E-state index in [0.29, 0.717) is 6.29 Å². The van der Waals surface area contributed by atoms with Gasteiger partial charge in [0.25, 0.3) is 0 Å². The zero-order chi connectivity index (χ0) is 14.4. The normalized spacial score (nSPS) is 34.1. The monoisotopic (exact) mass is 270 g/mol. The largest absolute Gasteiger partial charge is 0.417 e. The van der Waals surface area contributed by atoms with Gasteiger partial charge in [0.2, 0.25) is 0 Å². The molecule has 0 saturated heterocycles. The van der Waals surface area contributed by atoms with Crippen molar-refractivity contribution in [1.29, 1.82) is 0 Å². The zero-order valence-corrected chi connectivity index (χ0v) is 11.2. The highest BCUT2D eigenvalue weighted by atomic mass is 19.4. The first-order valence-corrected chi connectivity index (χ1v) is 6.39. The van der Waals surface area contributed by atoms with Crippen LogP contribution in [-0.2, 0) is 4.79 Å². The van der Waals surface area contributed by atoms with Crippen molar-refractivity contribution in [3.05, 3.63) is 35.5 Å². The van der Waals surface area contributed by atoms with Gasteiger partial charge in [0.05, 0.1) is 5.57 Å². The van der Waals surface area contributed by atoms with E-state index < -0.39 is 11.7 Å². The third kappa shape index (κ3) is 2.07. The molecule has 2 aliphatic carbocycles. The highest BCUT2D eigenvalue weighted by Gasteiger charge is 2.61. The van der Waals surface area contributed by atoms with E-state index >= 15 is 0 Å². The average molecular weight is 270 g/mol. The molecule has 19 heavy (non-hydrogen) atoms. The number of alkyl halides is 3. The van der Waals surface area contributed by atoms with Crippen molar-refractivity contribution < 1.29 is 18.0 Å². The molecule has 0 N–H and O–H groups in total. The van der Waals surface area contributed by atoms with Crippen molar-refractivity contribution in [1.82, 2.24) is 0 Å². The van der Waals surface area contributed by atoms with Crippen LogP contribution in [0.25, 0.3) is 0 Å². The molecule has 0 aromatic carbocycles. The van der Waals surface area contributed by atoms with Gasteiger partial charge in [0.15, 0.2) is 0 Å². The molecule has 1 nitrogen and oxygen atoms in total. The van der Waals surface area contributed by atoms with Crippen LogP contribution in [0.4, 0.5) is 13.2 Å². The summed E-state index contributed by atoms with van der Waals surface area (Å²) in [7, 11) is 0. The Bertz CT molecular complexity index is 482. The molecule has 0 amide bonds. The molecule has 2 aliphatic rings. The van der Waals surface area contributed by atoms with Crippen molar-refractivity contribution in [2.45, 2.75) is 26.9 Å². The molecule has 1 fully saturated rings. The molecule has 0 heterocycles. The van der Waals surface area contributed by atoms with Crippen molar-refractivity contribution in [3.8, 4) is 0 Å². The quantitative estimate of drug-likeness (QED) is 0.691. The summed E-state index contributed by atoms with van der Waals surface area (Å²) < 4.78 is 38.9. The summed E-state index contributed by atoms with van der Waals surface area (Å²) in [5.74, 6) is 0.674. The molecular weight excluding hydrogens is 253 g/mol. The highest BCUT2D eigenvalue weighted by Crippen LogP contribution is 2.65. The minimum Gasteiger partial charge on any atom is -0.298 e. The lowest BCUT2D eigenvalue weighted by Gasteiger charge is -2.21. The van der Waals surface area contributed by atoms with Crippen molar-refractivity contribution in [2.24, 2.45) is 23.2 Å². The van der Waals surface area contributed by atoms with Crippen LogP contribution in [0.5, 0.6) is 0 Å². The summed E-state index contributed by atoms with van der Waals surface area (Å²) in [4.78, 5) is 11.1. The fourth-order valence-electron chi connectivity index (χ4n) is 3.36. The van der Waals surface area contributed by atoms with E-state index in [1.54, 1.807) is 6.08 Å². The van der Waals surface area contributed by atoms with Crippen LogP contribution in [-0.4, -0.2) is 12.5 Å². The number of allylic oxidation sites excluding steroid dienone is 6. The van der Waals surface area contributed by atoms with Crippen molar-refractivity contribution >= 4 is 6.29 Å². The van der Waals surface area contributed by atoms with Crippen LogP contribution < -0.4 is 0 Å². The molecule has 0 aliphatic heterocycles. The minimum atomic E-state index is -4.50. The fraction of sp³-hybridized carbons (Fsp3) is 0.533. The topological polar surface area (TPSA) is 17.1 Å². The molecule has 0 aromatic rings. The van der Waals surface area contributed by atoms with E-state index in [4.69, 9.17) is 0 Å². The number of aldehydes is 1. The summed E-state index contributed by atoms with van der Waals surface area (Å²) in [6.07, 6.45) is 1.63. The molecule has 0 bridgehead atoms. The summed E-state index contributed by atoms with van der Waals surface area (Å²) in [5, 5.41) is 0. The Morgan fingerprint density at radius 2 is 2.00 bits per heavy atom. The second-order valence-electron chi connectivity index (χ2n) is 5.65. The second-order valence-corrected chi connectivity index (χ2v) is 5.65. The molecule has 104 valence electrons. The third-order valence-electron chi connectivity index (χ3n) is 4.53. The Hall–Kier alpha value is -1.32. The molecular formula is C15H17F3O. The maximum absolute atomic E-state index is 13.0. The first kappa shape index (κ1) is 14.1. The van der Waals surface area contributed by atoms with Crippen LogP contribution in [0.1, 0.15) is 20.8 Å². The van der Waals surface area contributed by atoms with Gasteiger partial charge in [-0.3, -0.25) is 4.79 Å². The maximum Gasteiger partial charge on any atom is 0.417 e.